The van der Waals surface area contributed by atoms with E-state index in [0.717, 1.165) is 30.6 Å². The van der Waals surface area contributed by atoms with Crippen molar-refractivity contribution in [3.63, 3.8) is 0 Å². The standard InChI is InChI=1S/C27H36O3/c1-17-10-11-21-25(18(17)2)30-27(20-12-13-22(28)19(3)24(20)29)16-8-5-9-23(27)26(21)14-6-4-7-15-26/h10-13,19,22-23,28-29H,4-9,14-16H2,1-3H3. The zero-order valence-electron chi connectivity index (χ0n) is 18.7. The van der Waals surface area contributed by atoms with Gasteiger partial charge in [-0.3, -0.25) is 0 Å². The molecule has 2 fully saturated rings. The van der Waals surface area contributed by atoms with Crippen LogP contribution < -0.4 is 4.74 Å². The molecule has 1 spiro atoms. The fraction of sp³-hybridized carbons (Fsp3) is 0.630. The molecule has 1 aliphatic heterocycles. The highest BCUT2D eigenvalue weighted by Crippen LogP contribution is 2.63. The molecule has 30 heavy (non-hydrogen) atoms. The summed E-state index contributed by atoms with van der Waals surface area (Å²) in [6.45, 7) is 6.28. The molecule has 5 rings (SSSR count). The average molecular weight is 409 g/mol. The molecule has 162 valence electrons. The quantitative estimate of drug-likeness (QED) is 0.581. The molecule has 0 saturated heterocycles. The Morgan fingerprint density at radius 3 is 2.50 bits per heavy atom. The number of aryl methyl sites for hydroxylation is 1. The van der Waals surface area contributed by atoms with E-state index in [1.165, 1.54) is 55.2 Å². The summed E-state index contributed by atoms with van der Waals surface area (Å²) in [4.78, 5) is 0. The molecule has 3 heteroatoms. The summed E-state index contributed by atoms with van der Waals surface area (Å²) in [5.41, 5.74) is 4.50. The van der Waals surface area contributed by atoms with Gasteiger partial charge in [-0.25, -0.2) is 0 Å². The van der Waals surface area contributed by atoms with Crippen molar-refractivity contribution in [3.8, 4) is 5.75 Å². The van der Waals surface area contributed by atoms with Gasteiger partial charge in [0.15, 0.2) is 0 Å². The zero-order chi connectivity index (χ0) is 21.1. The number of aliphatic hydroxyl groups is 2. The largest absolute Gasteiger partial charge is 0.511 e. The monoisotopic (exact) mass is 408 g/mol. The summed E-state index contributed by atoms with van der Waals surface area (Å²) < 4.78 is 7.11. The van der Waals surface area contributed by atoms with Gasteiger partial charge in [0.05, 0.1) is 6.10 Å². The highest BCUT2D eigenvalue weighted by Gasteiger charge is 2.60. The lowest BCUT2D eigenvalue weighted by Gasteiger charge is -2.59. The molecule has 1 aromatic carbocycles. The first-order chi connectivity index (χ1) is 14.4. The van der Waals surface area contributed by atoms with Gasteiger partial charge in [-0.15, -0.1) is 0 Å². The molecule has 1 aromatic rings. The van der Waals surface area contributed by atoms with Gasteiger partial charge in [-0.2, -0.15) is 0 Å². The number of hydrogen-bond donors (Lipinski definition) is 2. The number of benzene rings is 1. The van der Waals surface area contributed by atoms with Crippen molar-refractivity contribution < 1.29 is 14.9 Å². The van der Waals surface area contributed by atoms with Gasteiger partial charge in [0.1, 0.15) is 17.1 Å². The molecule has 2 N–H and O–H groups in total. The van der Waals surface area contributed by atoms with Crippen LogP contribution in [0.4, 0.5) is 0 Å². The summed E-state index contributed by atoms with van der Waals surface area (Å²) in [5.74, 6) is 1.49. The highest BCUT2D eigenvalue weighted by molar-refractivity contribution is 5.55. The van der Waals surface area contributed by atoms with Crippen LogP contribution in [0.1, 0.15) is 81.4 Å². The van der Waals surface area contributed by atoms with Crippen molar-refractivity contribution in [2.24, 2.45) is 11.8 Å². The maximum Gasteiger partial charge on any atom is 0.141 e. The molecule has 4 aliphatic rings. The van der Waals surface area contributed by atoms with Crippen molar-refractivity contribution in [1.29, 1.82) is 0 Å². The van der Waals surface area contributed by atoms with Crippen molar-refractivity contribution in [3.05, 3.63) is 52.3 Å². The van der Waals surface area contributed by atoms with E-state index in [2.05, 4.69) is 26.0 Å². The van der Waals surface area contributed by atoms with Crippen LogP contribution in [-0.4, -0.2) is 21.9 Å². The van der Waals surface area contributed by atoms with E-state index >= 15 is 0 Å². The molecule has 3 aliphatic carbocycles. The van der Waals surface area contributed by atoms with Gasteiger partial charge in [0.2, 0.25) is 0 Å². The van der Waals surface area contributed by atoms with E-state index in [1.54, 1.807) is 0 Å². The predicted molar refractivity (Wildman–Crippen MR) is 120 cm³/mol. The van der Waals surface area contributed by atoms with E-state index in [-0.39, 0.29) is 11.3 Å². The topological polar surface area (TPSA) is 49.7 Å². The lowest BCUT2D eigenvalue weighted by molar-refractivity contribution is -0.0655. The number of ether oxygens (including phenoxy) is 1. The average Bonchev–Trinajstić information content (AvgIpc) is 2.76. The molecular formula is C27H36O3. The number of hydrogen-bond acceptors (Lipinski definition) is 3. The molecule has 0 radical (unpaired) electrons. The first-order valence-corrected chi connectivity index (χ1v) is 12.0. The Bertz CT molecular complexity index is 905. The molecular weight excluding hydrogens is 372 g/mol. The number of fused-ring (bicyclic) bond motifs is 4. The smallest absolute Gasteiger partial charge is 0.141 e. The van der Waals surface area contributed by atoms with E-state index in [0.29, 0.717) is 11.7 Å². The lowest BCUT2D eigenvalue weighted by atomic mass is 9.51. The zero-order valence-corrected chi connectivity index (χ0v) is 18.7. The summed E-state index contributed by atoms with van der Waals surface area (Å²) >= 11 is 0. The maximum atomic E-state index is 11.2. The second-order valence-electron chi connectivity index (χ2n) is 10.3. The highest BCUT2D eigenvalue weighted by atomic mass is 16.5. The third-order valence-corrected chi connectivity index (χ3v) is 8.90. The van der Waals surface area contributed by atoms with Crippen molar-refractivity contribution >= 4 is 0 Å². The second kappa shape index (κ2) is 7.15. The second-order valence-corrected chi connectivity index (χ2v) is 10.3. The van der Waals surface area contributed by atoms with E-state index in [1.807, 2.05) is 19.1 Å². The third kappa shape index (κ3) is 2.67. The Labute approximate surface area is 180 Å². The van der Waals surface area contributed by atoms with Crippen LogP contribution in [0.2, 0.25) is 0 Å². The molecule has 2 saturated carbocycles. The van der Waals surface area contributed by atoms with E-state index < -0.39 is 11.7 Å². The Balaban J connectivity index is 1.77. The van der Waals surface area contributed by atoms with Gasteiger partial charge in [0, 0.05) is 28.4 Å². The van der Waals surface area contributed by atoms with Crippen LogP contribution in [0, 0.1) is 25.7 Å². The number of rotatable bonds is 1. The normalized spacial score (nSPS) is 35.0. The lowest BCUT2D eigenvalue weighted by Crippen LogP contribution is -2.60. The van der Waals surface area contributed by atoms with Gasteiger partial charge >= 0.3 is 0 Å². The van der Waals surface area contributed by atoms with Crippen molar-refractivity contribution in [2.45, 2.75) is 95.7 Å². The van der Waals surface area contributed by atoms with Crippen molar-refractivity contribution in [1.82, 2.24) is 0 Å². The summed E-state index contributed by atoms with van der Waals surface area (Å²) in [5, 5.41) is 21.6. The Kier molecular flexibility index (Phi) is 4.81. The van der Waals surface area contributed by atoms with Crippen LogP contribution in [0.5, 0.6) is 5.75 Å². The maximum absolute atomic E-state index is 11.2. The Morgan fingerprint density at radius 1 is 1.00 bits per heavy atom. The SMILES string of the molecule is Cc1ccc2c(c1C)OC1(C3=C(O)C(C)C(O)C=C3)CCCCC1C21CCCCC1. The van der Waals surface area contributed by atoms with Crippen LogP contribution in [0.15, 0.2) is 35.6 Å². The summed E-state index contributed by atoms with van der Waals surface area (Å²) in [6, 6.07) is 4.62. The molecule has 3 nitrogen and oxygen atoms in total. The van der Waals surface area contributed by atoms with Gasteiger partial charge in [-0.1, -0.05) is 56.9 Å². The van der Waals surface area contributed by atoms with Crippen molar-refractivity contribution in [2.75, 3.05) is 0 Å². The summed E-state index contributed by atoms with van der Waals surface area (Å²) in [6.07, 6.45) is 13.9. The number of aliphatic hydroxyl groups excluding tert-OH is 2. The van der Waals surface area contributed by atoms with E-state index in [4.69, 9.17) is 4.74 Å². The molecule has 0 amide bonds. The minimum atomic E-state index is -0.629. The van der Waals surface area contributed by atoms with Gasteiger partial charge in [0.25, 0.3) is 0 Å². The first kappa shape index (κ1) is 20.2. The first-order valence-electron chi connectivity index (χ1n) is 12.0. The van der Waals surface area contributed by atoms with Crippen LogP contribution in [-0.2, 0) is 5.41 Å². The predicted octanol–water partition coefficient (Wildman–Crippen LogP) is 6.21. The fourth-order valence-electron chi connectivity index (χ4n) is 7.06. The molecule has 4 unspecified atom stereocenters. The van der Waals surface area contributed by atoms with E-state index in [9.17, 15) is 10.2 Å². The third-order valence-electron chi connectivity index (χ3n) is 8.90. The molecule has 1 heterocycles. The minimum Gasteiger partial charge on any atom is -0.511 e. The van der Waals surface area contributed by atoms with Gasteiger partial charge < -0.3 is 14.9 Å². The summed E-state index contributed by atoms with van der Waals surface area (Å²) in [7, 11) is 0. The van der Waals surface area contributed by atoms with Crippen LogP contribution in [0.3, 0.4) is 0 Å². The molecule has 4 atom stereocenters. The fourth-order valence-corrected chi connectivity index (χ4v) is 7.06. The Morgan fingerprint density at radius 2 is 1.73 bits per heavy atom. The van der Waals surface area contributed by atoms with Gasteiger partial charge in [-0.05, 0) is 57.1 Å². The molecule has 0 aromatic heterocycles. The minimum absolute atomic E-state index is 0.130. The van der Waals surface area contributed by atoms with Crippen LogP contribution in [0.25, 0.3) is 0 Å². The Hall–Kier alpha value is -1.74. The van der Waals surface area contributed by atoms with Crippen LogP contribution >= 0.6 is 0 Å². The molecule has 0 bridgehead atoms.